The standard InChI is InChI=1S/C24H24N2O6S/c1-12-16(22(24(30)31)26-21(12)19(13(2)28)23(26)29)6-4-8-25-17-10-14(11-27)9-15-5-3-7-18(20(15)17)33(25)32/h3-7,9-10,12-13,19,21,27-28H,8,11H2,1-2H3,(H,30,31)/b6-4+/t12-,13+,19+,21+,33?/m0/s1. The van der Waals surface area contributed by atoms with E-state index in [0.717, 1.165) is 22.0 Å². The van der Waals surface area contributed by atoms with Crippen molar-refractivity contribution in [2.24, 2.45) is 11.8 Å². The smallest absolute Gasteiger partial charge is 0.352 e. The second kappa shape index (κ2) is 7.79. The van der Waals surface area contributed by atoms with Gasteiger partial charge in [-0.25, -0.2) is 9.00 Å². The van der Waals surface area contributed by atoms with Crippen LogP contribution in [0.5, 0.6) is 0 Å². The Hall–Kier alpha value is -3.01. The first kappa shape index (κ1) is 21.8. The fraction of sp³-hybridized carbons (Fsp3) is 0.333. The molecule has 0 spiro atoms. The predicted octanol–water partition coefficient (Wildman–Crippen LogP) is 1.93. The Balaban J connectivity index is 1.46. The summed E-state index contributed by atoms with van der Waals surface area (Å²) < 4.78 is 14.9. The number of carbonyl (C=O) groups excluding carboxylic acids is 1. The molecule has 1 unspecified atom stereocenters. The molecule has 3 N–H and O–H groups in total. The molecule has 1 saturated heterocycles. The average Bonchev–Trinajstić information content (AvgIpc) is 3.18. The molecule has 0 aromatic heterocycles. The maximum absolute atomic E-state index is 13.2. The maximum atomic E-state index is 13.2. The number of hydrogen-bond acceptors (Lipinski definition) is 5. The van der Waals surface area contributed by atoms with Crippen LogP contribution in [0.15, 0.2) is 58.6 Å². The third kappa shape index (κ3) is 3.07. The van der Waals surface area contributed by atoms with Gasteiger partial charge in [0.25, 0.3) is 0 Å². The van der Waals surface area contributed by atoms with Gasteiger partial charge in [-0.3, -0.25) is 9.10 Å². The molecule has 3 heterocycles. The normalized spacial score (nSPS) is 27.0. The zero-order valence-electron chi connectivity index (χ0n) is 18.1. The van der Waals surface area contributed by atoms with Gasteiger partial charge in [0.2, 0.25) is 5.91 Å². The number of carboxylic acids is 1. The highest BCUT2D eigenvalue weighted by Gasteiger charge is 2.59. The van der Waals surface area contributed by atoms with E-state index in [9.17, 15) is 29.1 Å². The summed E-state index contributed by atoms with van der Waals surface area (Å²) in [6.45, 7) is 3.52. The SMILES string of the molecule is C[C@@H](O)[C@H]1C(=O)N2C(C(=O)O)=C(/C=C/CN3c4cc(CO)cc5cccc(c45)S3=O)[C@H](C)[C@H]12. The fourth-order valence-corrected chi connectivity index (χ4v) is 6.70. The largest absolute Gasteiger partial charge is 0.477 e. The number of aliphatic carboxylic acids is 1. The van der Waals surface area contributed by atoms with Gasteiger partial charge in [-0.05, 0) is 41.6 Å². The van der Waals surface area contributed by atoms with Crippen LogP contribution >= 0.6 is 0 Å². The second-order valence-electron chi connectivity index (χ2n) is 8.70. The van der Waals surface area contributed by atoms with Crippen molar-refractivity contribution < 1.29 is 29.1 Å². The van der Waals surface area contributed by atoms with E-state index >= 15 is 0 Å². The molecule has 5 rings (SSSR count). The number of carbonyl (C=O) groups is 2. The highest BCUT2D eigenvalue weighted by Crippen LogP contribution is 2.47. The number of fused-ring (bicyclic) bond motifs is 1. The molecule has 0 bridgehead atoms. The predicted molar refractivity (Wildman–Crippen MR) is 122 cm³/mol. The van der Waals surface area contributed by atoms with E-state index in [2.05, 4.69) is 0 Å². The molecule has 0 aliphatic carbocycles. The molecular formula is C24H24N2O6S. The Morgan fingerprint density at radius 1 is 1.30 bits per heavy atom. The number of carboxylic acid groups (broad SMARTS) is 1. The van der Waals surface area contributed by atoms with Crippen molar-refractivity contribution in [1.82, 2.24) is 4.90 Å². The van der Waals surface area contributed by atoms with Gasteiger partial charge >= 0.3 is 5.97 Å². The third-order valence-electron chi connectivity index (χ3n) is 6.81. The van der Waals surface area contributed by atoms with Crippen molar-refractivity contribution in [3.8, 4) is 0 Å². The molecule has 0 radical (unpaired) electrons. The lowest BCUT2D eigenvalue weighted by Crippen LogP contribution is -2.63. The number of allylic oxidation sites excluding steroid dienone is 1. The quantitative estimate of drug-likeness (QED) is 0.558. The van der Waals surface area contributed by atoms with E-state index in [-0.39, 0.29) is 36.7 Å². The lowest BCUT2D eigenvalue weighted by atomic mass is 9.78. The Morgan fingerprint density at radius 2 is 2.06 bits per heavy atom. The first-order valence-corrected chi connectivity index (χ1v) is 11.9. The number of anilines is 1. The molecule has 33 heavy (non-hydrogen) atoms. The Morgan fingerprint density at radius 3 is 2.73 bits per heavy atom. The number of nitrogens with zero attached hydrogens (tertiary/aromatic N) is 2. The van der Waals surface area contributed by atoms with Crippen LogP contribution in [0.2, 0.25) is 0 Å². The van der Waals surface area contributed by atoms with Crippen molar-refractivity contribution >= 4 is 39.3 Å². The van der Waals surface area contributed by atoms with Crippen LogP contribution < -0.4 is 4.31 Å². The number of amides is 1. The summed E-state index contributed by atoms with van der Waals surface area (Å²) >= 11 is 0. The molecule has 1 fully saturated rings. The molecule has 2 aromatic carbocycles. The summed E-state index contributed by atoms with van der Waals surface area (Å²) in [6, 6.07) is 8.90. The Bertz CT molecular complexity index is 1280. The molecule has 0 saturated carbocycles. The van der Waals surface area contributed by atoms with Crippen LogP contribution in [0.4, 0.5) is 5.69 Å². The Kier molecular flexibility index (Phi) is 5.15. The van der Waals surface area contributed by atoms with Crippen molar-refractivity contribution in [2.75, 3.05) is 10.8 Å². The van der Waals surface area contributed by atoms with Gasteiger partial charge in [-0.2, -0.15) is 0 Å². The first-order chi connectivity index (χ1) is 15.8. The summed E-state index contributed by atoms with van der Waals surface area (Å²) in [6.07, 6.45) is 2.59. The van der Waals surface area contributed by atoms with Crippen LogP contribution in [-0.2, 0) is 27.2 Å². The van der Waals surface area contributed by atoms with E-state index in [0.29, 0.717) is 10.5 Å². The highest BCUT2D eigenvalue weighted by atomic mass is 32.2. The molecule has 9 heteroatoms. The topological polar surface area (TPSA) is 118 Å². The number of benzene rings is 2. The molecule has 172 valence electrons. The monoisotopic (exact) mass is 468 g/mol. The number of hydrogen-bond donors (Lipinski definition) is 3. The van der Waals surface area contributed by atoms with Crippen molar-refractivity contribution in [3.05, 3.63) is 59.3 Å². The van der Waals surface area contributed by atoms with E-state index < -0.39 is 29.0 Å². The van der Waals surface area contributed by atoms with Crippen LogP contribution in [0.1, 0.15) is 19.4 Å². The lowest BCUT2D eigenvalue weighted by molar-refractivity contribution is -0.163. The first-order valence-electron chi connectivity index (χ1n) is 10.8. The fourth-order valence-electron chi connectivity index (χ4n) is 5.33. The van der Waals surface area contributed by atoms with Gasteiger partial charge in [0.05, 0.1) is 41.8 Å². The summed E-state index contributed by atoms with van der Waals surface area (Å²) in [4.78, 5) is 26.4. The van der Waals surface area contributed by atoms with Gasteiger partial charge in [-0.15, -0.1) is 0 Å². The lowest BCUT2D eigenvalue weighted by Gasteiger charge is -2.46. The maximum Gasteiger partial charge on any atom is 0.352 e. The number of aliphatic hydroxyl groups is 2. The van der Waals surface area contributed by atoms with Gasteiger partial charge < -0.3 is 20.2 Å². The number of aliphatic hydroxyl groups excluding tert-OH is 2. The van der Waals surface area contributed by atoms with Gasteiger partial charge in [0, 0.05) is 11.3 Å². The van der Waals surface area contributed by atoms with Gasteiger partial charge in [0.15, 0.2) is 11.0 Å². The summed E-state index contributed by atoms with van der Waals surface area (Å²) in [5.41, 5.74) is 1.94. The van der Waals surface area contributed by atoms with Crippen LogP contribution in [0.25, 0.3) is 10.8 Å². The third-order valence-corrected chi connectivity index (χ3v) is 8.28. The summed E-state index contributed by atoms with van der Waals surface area (Å²) in [5.74, 6) is -2.43. The zero-order chi connectivity index (χ0) is 23.6. The van der Waals surface area contributed by atoms with Crippen molar-refractivity contribution in [2.45, 2.75) is 37.5 Å². The number of β-lactam (4-membered cyclic amide) rings is 1. The van der Waals surface area contributed by atoms with Crippen LogP contribution in [-0.4, -0.2) is 55.0 Å². The van der Waals surface area contributed by atoms with Crippen molar-refractivity contribution in [1.29, 1.82) is 0 Å². The van der Waals surface area contributed by atoms with Crippen LogP contribution in [0, 0.1) is 11.8 Å². The van der Waals surface area contributed by atoms with E-state index in [1.807, 2.05) is 37.3 Å². The summed E-state index contributed by atoms with van der Waals surface area (Å²) in [5, 5.41) is 31.2. The molecule has 2 aromatic rings. The Labute approximate surface area is 193 Å². The summed E-state index contributed by atoms with van der Waals surface area (Å²) in [7, 11) is -1.43. The minimum Gasteiger partial charge on any atom is -0.477 e. The zero-order valence-corrected chi connectivity index (χ0v) is 19.0. The average molecular weight is 469 g/mol. The molecule has 3 aliphatic heterocycles. The minimum absolute atomic E-state index is 0.0545. The van der Waals surface area contributed by atoms with Gasteiger partial charge in [0.1, 0.15) is 5.70 Å². The molecule has 1 amide bonds. The van der Waals surface area contributed by atoms with Crippen molar-refractivity contribution in [3.63, 3.8) is 0 Å². The molecule has 5 atom stereocenters. The molecule has 8 nitrogen and oxygen atoms in total. The van der Waals surface area contributed by atoms with E-state index in [1.165, 1.54) is 4.90 Å². The highest BCUT2D eigenvalue weighted by molar-refractivity contribution is 7.87. The van der Waals surface area contributed by atoms with Gasteiger partial charge in [-0.1, -0.05) is 31.2 Å². The van der Waals surface area contributed by atoms with E-state index in [1.54, 1.807) is 23.4 Å². The van der Waals surface area contributed by atoms with Crippen LogP contribution in [0.3, 0.4) is 0 Å². The molecule has 3 aliphatic rings. The molecular weight excluding hydrogens is 444 g/mol. The minimum atomic E-state index is -1.43. The van der Waals surface area contributed by atoms with E-state index in [4.69, 9.17) is 0 Å². The second-order valence-corrected chi connectivity index (χ2v) is 10.1. The number of rotatable bonds is 6.